The van der Waals surface area contributed by atoms with Crippen LogP contribution >= 0.6 is 0 Å². The Kier molecular flexibility index (Phi) is 13.3. The summed E-state index contributed by atoms with van der Waals surface area (Å²) in [5.41, 5.74) is -2.09. The maximum atomic E-state index is 14.0. The number of ketones is 1. The summed E-state index contributed by atoms with van der Waals surface area (Å²) in [5, 5.41) is 68.3. The van der Waals surface area contributed by atoms with E-state index in [4.69, 9.17) is 28.4 Å². The van der Waals surface area contributed by atoms with Crippen LogP contribution in [0.15, 0.2) is 24.3 Å². The first-order chi connectivity index (χ1) is 27.9. The number of carbonyl (C=O) groups excluding carboxylic acids is 2. The molecule has 0 unspecified atom stereocenters. The van der Waals surface area contributed by atoms with Crippen LogP contribution in [0, 0.1) is 46.3 Å². The Morgan fingerprint density at radius 1 is 0.814 bits per heavy atom. The van der Waals surface area contributed by atoms with Gasteiger partial charge in [-0.1, -0.05) is 34.6 Å². The van der Waals surface area contributed by atoms with E-state index in [0.717, 1.165) is 38.5 Å². The molecule has 6 aliphatic rings. The lowest BCUT2D eigenvalue weighted by Gasteiger charge is -2.62. The molecule has 2 aliphatic heterocycles. The van der Waals surface area contributed by atoms with E-state index in [1.54, 1.807) is 19.1 Å². The van der Waals surface area contributed by atoms with Crippen LogP contribution in [0.2, 0.25) is 0 Å². The molecule has 6 N–H and O–H groups in total. The van der Waals surface area contributed by atoms with E-state index in [2.05, 4.69) is 27.7 Å². The van der Waals surface area contributed by atoms with Crippen molar-refractivity contribution in [1.82, 2.24) is 0 Å². The monoisotopic (exact) mass is 832 g/mol. The van der Waals surface area contributed by atoms with Crippen LogP contribution in [0.4, 0.5) is 0 Å². The van der Waals surface area contributed by atoms with Crippen LogP contribution in [-0.2, 0) is 28.5 Å². The first kappa shape index (κ1) is 44.8. The summed E-state index contributed by atoms with van der Waals surface area (Å²) in [4.78, 5) is 27.2. The summed E-state index contributed by atoms with van der Waals surface area (Å²) < 4.78 is 35.2. The number of aliphatic hydroxyl groups is 6. The van der Waals surface area contributed by atoms with Crippen molar-refractivity contribution in [3.05, 3.63) is 29.8 Å². The molecule has 0 aromatic heterocycles. The Bertz CT molecular complexity index is 1620. The molecule has 0 spiro atoms. The molecule has 18 atom stereocenters. The number of carbonyl (C=O) groups is 2. The number of esters is 1. The number of aliphatic hydroxyl groups excluding tert-OH is 5. The average Bonchev–Trinajstić information content (AvgIpc) is 3.44. The normalized spacial score (nSPS) is 45.2. The van der Waals surface area contributed by atoms with Crippen molar-refractivity contribution in [2.24, 2.45) is 46.3 Å². The predicted octanol–water partition coefficient (Wildman–Crippen LogP) is 3.53. The van der Waals surface area contributed by atoms with Gasteiger partial charge in [0.1, 0.15) is 47.7 Å². The highest BCUT2D eigenvalue weighted by Gasteiger charge is 2.71. The number of methoxy groups -OCH3 is 1. The van der Waals surface area contributed by atoms with Crippen molar-refractivity contribution in [2.75, 3.05) is 20.3 Å². The standard InChI is InChI=1S/C45H68O14/c1-23(2)7-14-32(47)24(3)45(53)35(20-31-29-13-10-26-19-27(46)15-17-43(26,4)30(29)16-18-44(31,45)5)57-41-37(51)38(34(49)22-55-41)59-42-39(36(50)33(48)21-56-42)58-40(52)25-8-11-28(54-6)12-9-25/h8-9,11-12,23-24,26-27,29-31,33-39,41-42,46,48-51,53H,7,10,13-22H2,1-6H3/t24-,26+,27+,29-,30+,31+,33-,34+,35+,36+,37-,38+,39-,41+,42+,43+,44+,45-/m1/s1. The van der Waals surface area contributed by atoms with E-state index in [1.807, 2.05) is 0 Å². The number of hydrogen-bond donors (Lipinski definition) is 6. The van der Waals surface area contributed by atoms with Crippen molar-refractivity contribution in [3.8, 4) is 5.75 Å². The zero-order valence-corrected chi connectivity index (χ0v) is 35.5. The van der Waals surface area contributed by atoms with Crippen LogP contribution in [0.25, 0.3) is 0 Å². The van der Waals surface area contributed by atoms with E-state index in [1.165, 1.54) is 19.2 Å². The van der Waals surface area contributed by atoms with E-state index in [9.17, 15) is 40.2 Å². The van der Waals surface area contributed by atoms with Crippen LogP contribution in [0.5, 0.6) is 5.75 Å². The molecule has 0 amide bonds. The molecule has 0 bridgehead atoms. The highest BCUT2D eigenvalue weighted by molar-refractivity contribution is 5.89. The summed E-state index contributed by atoms with van der Waals surface area (Å²) in [6.45, 7) is 9.75. The molecular formula is C45H68O14. The first-order valence-electron chi connectivity index (χ1n) is 22.0. The third-order valence-corrected chi connectivity index (χ3v) is 16.0. The van der Waals surface area contributed by atoms with Gasteiger partial charge in [-0.25, -0.2) is 4.79 Å². The average molecular weight is 833 g/mol. The lowest BCUT2D eigenvalue weighted by molar-refractivity contribution is -0.344. The number of benzene rings is 1. The maximum absolute atomic E-state index is 14.0. The van der Waals surface area contributed by atoms with Gasteiger partial charge in [-0.3, -0.25) is 4.79 Å². The minimum atomic E-state index is -1.65. The molecule has 2 saturated heterocycles. The van der Waals surface area contributed by atoms with Gasteiger partial charge in [0.05, 0.1) is 38.1 Å². The third-order valence-electron chi connectivity index (χ3n) is 16.0. The highest BCUT2D eigenvalue weighted by atomic mass is 16.7. The third kappa shape index (κ3) is 8.13. The summed E-state index contributed by atoms with van der Waals surface area (Å²) in [7, 11) is 1.49. The zero-order valence-electron chi connectivity index (χ0n) is 35.5. The minimum Gasteiger partial charge on any atom is -0.497 e. The molecule has 2 heterocycles. The number of ether oxygens (including phenoxy) is 6. The number of hydrogen-bond acceptors (Lipinski definition) is 14. The van der Waals surface area contributed by atoms with Crippen molar-refractivity contribution < 1.29 is 68.6 Å². The number of fused-ring (bicyclic) bond motifs is 5. The topological polar surface area (TPSA) is 211 Å². The largest absolute Gasteiger partial charge is 0.497 e. The molecule has 1 aromatic rings. The predicted molar refractivity (Wildman–Crippen MR) is 212 cm³/mol. The van der Waals surface area contributed by atoms with E-state index in [0.29, 0.717) is 49.2 Å². The van der Waals surface area contributed by atoms with Crippen molar-refractivity contribution in [1.29, 1.82) is 0 Å². The van der Waals surface area contributed by atoms with Gasteiger partial charge in [0.2, 0.25) is 0 Å². The Hall–Kier alpha value is -2.24. The first-order valence-corrected chi connectivity index (χ1v) is 22.0. The lowest BCUT2D eigenvalue weighted by Crippen LogP contribution is -2.64. The van der Waals surface area contributed by atoms with Gasteiger partial charge >= 0.3 is 5.97 Å². The molecule has 0 radical (unpaired) electrons. The molecule has 7 rings (SSSR count). The summed E-state index contributed by atoms with van der Waals surface area (Å²) in [6.07, 6.45) is -5.55. The fraction of sp³-hybridized carbons (Fsp3) is 0.822. The van der Waals surface area contributed by atoms with Gasteiger partial charge in [0.15, 0.2) is 18.7 Å². The van der Waals surface area contributed by atoms with Gasteiger partial charge < -0.3 is 59.1 Å². The van der Waals surface area contributed by atoms with Crippen LogP contribution in [0.3, 0.4) is 0 Å². The van der Waals surface area contributed by atoms with Gasteiger partial charge in [-0.05, 0) is 117 Å². The summed E-state index contributed by atoms with van der Waals surface area (Å²) in [5.74, 6) is 0.306. The highest BCUT2D eigenvalue weighted by Crippen LogP contribution is 2.70. The minimum absolute atomic E-state index is 0.0179. The molecule has 1 aromatic carbocycles. The lowest BCUT2D eigenvalue weighted by atomic mass is 9.44. The smallest absolute Gasteiger partial charge is 0.338 e. The molecule has 6 fully saturated rings. The Morgan fingerprint density at radius 3 is 2.20 bits per heavy atom. The Balaban J connectivity index is 1.13. The van der Waals surface area contributed by atoms with Crippen molar-refractivity contribution >= 4 is 11.8 Å². The Labute approximate surface area is 347 Å². The molecule has 14 nitrogen and oxygen atoms in total. The van der Waals surface area contributed by atoms with Gasteiger partial charge in [-0.2, -0.15) is 0 Å². The molecule has 332 valence electrons. The van der Waals surface area contributed by atoms with E-state index < -0.39 is 78.2 Å². The van der Waals surface area contributed by atoms with Gasteiger partial charge in [0.25, 0.3) is 0 Å². The molecule has 4 aliphatic carbocycles. The number of Topliss-reactive ketones (excluding diaryl/α,β-unsaturated/α-hetero) is 1. The second-order valence-corrected chi connectivity index (χ2v) is 19.6. The fourth-order valence-electron chi connectivity index (χ4n) is 12.4. The molecular weight excluding hydrogens is 764 g/mol. The van der Waals surface area contributed by atoms with Crippen LogP contribution in [-0.4, -0.2) is 130 Å². The SMILES string of the molecule is COc1ccc(C(=O)O[C@H]2[C@H](O[C@@H]3[C@@H](O)[C@H](O[C@H]4C[C@H]5[C@@H]6CC[C@H]7C[C@@H](O)CC[C@]7(C)[C@H]6CC[C@]5(C)[C@@]4(O)[C@H](C)C(=O)CCC(C)C)OC[C@@H]3O)OC[C@@H](O)[C@@H]2O)cc1. The van der Waals surface area contributed by atoms with Gasteiger partial charge in [0, 0.05) is 17.8 Å². The second kappa shape index (κ2) is 17.5. The maximum Gasteiger partial charge on any atom is 0.338 e. The van der Waals surface area contributed by atoms with E-state index >= 15 is 0 Å². The molecule has 14 heteroatoms. The quantitative estimate of drug-likeness (QED) is 0.167. The zero-order chi connectivity index (χ0) is 42.6. The van der Waals surface area contributed by atoms with E-state index in [-0.39, 0.29) is 47.9 Å². The molecule has 4 saturated carbocycles. The summed E-state index contributed by atoms with van der Waals surface area (Å²) in [6, 6.07) is 6.08. The van der Waals surface area contributed by atoms with Crippen LogP contribution < -0.4 is 4.74 Å². The van der Waals surface area contributed by atoms with Crippen LogP contribution in [0.1, 0.15) is 109 Å². The van der Waals surface area contributed by atoms with Gasteiger partial charge in [-0.15, -0.1) is 0 Å². The Morgan fingerprint density at radius 2 is 1.51 bits per heavy atom. The number of rotatable bonds is 12. The van der Waals surface area contributed by atoms with Crippen molar-refractivity contribution in [3.63, 3.8) is 0 Å². The molecule has 59 heavy (non-hydrogen) atoms. The fourth-order valence-corrected chi connectivity index (χ4v) is 12.4. The van der Waals surface area contributed by atoms with Crippen molar-refractivity contribution in [2.45, 2.75) is 166 Å². The second-order valence-electron chi connectivity index (χ2n) is 19.6. The summed E-state index contributed by atoms with van der Waals surface area (Å²) >= 11 is 0.